The summed E-state index contributed by atoms with van der Waals surface area (Å²) in [5, 5.41) is 7.16. The van der Waals surface area contributed by atoms with Gasteiger partial charge in [-0.2, -0.15) is 0 Å². The Hall–Kier alpha value is -1.97. The fraction of sp³-hybridized carbons (Fsp3) is 0.250. The maximum absolute atomic E-state index is 5.76. The van der Waals surface area contributed by atoms with Crippen LogP contribution >= 0.6 is 0 Å². The first-order chi connectivity index (χ1) is 7.63. The number of nitrogens with two attached hydrogens (primary N) is 1. The van der Waals surface area contributed by atoms with Crippen LogP contribution in [0, 0.1) is 13.8 Å². The molecule has 4 nitrogen and oxygen atoms in total. The lowest BCUT2D eigenvalue weighted by atomic mass is 10.2. The monoisotopic (exact) mass is 217 g/mol. The summed E-state index contributed by atoms with van der Waals surface area (Å²) in [6.07, 6.45) is 0. The molecule has 0 atom stereocenters. The van der Waals surface area contributed by atoms with Crippen LogP contribution in [-0.2, 0) is 6.54 Å². The highest BCUT2D eigenvalue weighted by Gasteiger charge is 2.00. The third kappa shape index (κ3) is 2.53. The molecule has 0 aliphatic heterocycles. The predicted molar refractivity (Wildman–Crippen MR) is 64.2 cm³/mol. The van der Waals surface area contributed by atoms with Gasteiger partial charge in [0, 0.05) is 17.4 Å². The number of anilines is 2. The molecule has 16 heavy (non-hydrogen) atoms. The zero-order valence-electron chi connectivity index (χ0n) is 9.45. The van der Waals surface area contributed by atoms with E-state index in [2.05, 4.69) is 10.5 Å². The highest BCUT2D eigenvalue weighted by molar-refractivity contribution is 5.56. The Morgan fingerprint density at radius 2 is 2.06 bits per heavy atom. The van der Waals surface area contributed by atoms with Gasteiger partial charge >= 0.3 is 0 Å². The third-order valence-electron chi connectivity index (χ3n) is 2.25. The summed E-state index contributed by atoms with van der Waals surface area (Å²) in [5.41, 5.74) is 9.54. The van der Waals surface area contributed by atoms with Crippen LogP contribution in [0.1, 0.15) is 17.0 Å². The Morgan fingerprint density at radius 1 is 1.25 bits per heavy atom. The van der Waals surface area contributed by atoms with Gasteiger partial charge in [0.2, 0.25) is 0 Å². The quantitative estimate of drug-likeness (QED) is 0.775. The molecule has 3 N–H and O–H groups in total. The molecule has 0 fully saturated rings. The molecular formula is C12H15N3O. The van der Waals surface area contributed by atoms with Crippen molar-refractivity contribution in [3.63, 3.8) is 0 Å². The van der Waals surface area contributed by atoms with Crippen molar-refractivity contribution in [3.8, 4) is 0 Å². The molecule has 0 aliphatic rings. The number of benzene rings is 1. The van der Waals surface area contributed by atoms with E-state index >= 15 is 0 Å². The van der Waals surface area contributed by atoms with Crippen molar-refractivity contribution in [2.24, 2.45) is 0 Å². The van der Waals surface area contributed by atoms with E-state index in [1.165, 1.54) is 0 Å². The van der Waals surface area contributed by atoms with Gasteiger partial charge in [0.05, 0.1) is 6.54 Å². The number of hydrogen-bond acceptors (Lipinski definition) is 4. The van der Waals surface area contributed by atoms with Crippen LogP contribution in [0.3, 0.4) is 0 Å². The lowest BCUT2D eigenvalue weighted by Crippen LogP contribution is -2.00. The lowest BCUT2D eigenvalue weighted by Gasteiger charge is -2.06. The van der Waals surface area contributed by atoms with Crippen molar-refractivity contribution < 1.29 is 4.52 Å². The molecule has 0 radical (unpaired) electrons. The summed E-state index contributed by atoms with van der Waals surface area (Å²) in [6.45, 7) is 4.53. The van der Waals surface area contributed by atoms with Gasteiger partial charge in [0.15, 0.2) is 0 Å². The largest absolute Gasteiger partial charge is 0.399 e. The molecule has 0 saturated heterocycles. The molecule has 0 spiro atoms. The number of rotatable bonds is 3. The number of nitrogens with zero attached hydrogens (tertiary/aromatic N) is 1. The maximum atomic E-state index is 5.76. The fourth-order valence-electron chi connectivity index (χ4n) is 1.61. The van der Waals surface area contributed by atoms with Gasteiger partial charge in [-0.3, -0.25) is 0 Å². The first kappa shape index (κ1) is 10.5. The fourth-order valence-corrected chi connectivity index (χ4v) is 1.61. The molecule has 0 aliphatic carbocycles. The van der Waals surface area contributed by atoms with Crippen LogP contribution in [0.2, 0.25) is 0 Å². The topological polar surface area (TPSA) is 64.1 Å². The van der Waals surface area contributed by atoms with Crippen molar-refractivity contribution in [1.82, 2.24) is 5.16 Å². The van der Waals surface area contributed by atoms with Crippen LogP contribution in [0.4, 0.5) is 11.4 Å². The highest BCUT2D eigenvalue weighted by atomic mass is 16.5. The number of nitrogen functional groups attached to an aromatic ring is 1. The van der Waals surface area contributed by atoms with Crippen molar-refractivity contribution in [1.29, 1.82) is 0 Å². The van der Waals surface area contributed by atoms with Crippen molar-refractivity contribution in [3.05, 3.63) is 41.3 Å². The van der Waals surface area contributed by atoms with Crippen molar-refractivity contribution in [2.45, 2.75) is 20.4 Å². The summed E-state index contributed by atoms with van der Waals surface area (Å²) in [5.74, 6) is 0.820. The van der Waals surface area contributed by atoms with Gasteiger partial charge < -0.3 is 15.6 Å². The van der Waals surface area contributed by atoms with E-state index in [1.807, 2.05) is 38.1 Å². The zero-order chi connectivity index (χ0) is 11.5. The van der Waals surface area contributed by atoms with Crippen LogP contribution in [-0.4, -0.2) is 5.16 Å². The molecule has 1 heterocycles. The molecule has 2 rings (SSSR count). The molecular weight excluding hydrogens is 202 g/mol. The van der Waals surface area contributed by atoms with Crippen molar-refractivity contribution >= 4 is 11.4 Å². The average molecular weight is 217 g/mol. The van der Waals surface area contributed by atoms with Crippen LogP contribution in [0.15, 0.2) is 28.8 Å². The summed E-state index contributed by atoms with van der Waals surface area (Å²) < 4.78 is 4.99. The van der Waals surface area contributed by atoms with Gasteiger partial charge in [-0.25, -0.2) is 0 Å². The van der Waals surface area contributed by atoms with Gasteiger partial charge in [-0.15, -0.1) is 0 Å². The minimum Gasteiger partial charge on any atom is -0.399 e. The van der Waals surface area contributed by atoms with E-state index in [0.717, 1.165) is 28.4 Å². The lowest BCUT2D eigenvalue weighted by molar-refractivity contribution is 0.391. The molecule has 4 heteroatoms. The predicted octanol–water partition coefficient (Wildman–Crippen LogP) is 2.49. The minimum atomic E-state index is 0.639. The maximum Gasteiger partial charge on any atom is 0.133 e. The zero-order valence-corrected chi connectivity index (χ0v) is 9.45. The molecule has 0 bridgehead atoms. The summed E-state index contributed by atoms with van der Waals surface area (Å²) in [6, 6.07) is 7.79. The highest BCUT2D eigenvalue weighted by Crippen LogP contribution is 2.16. The molecule has 1 aromatic heterocycles. The Morgan fingerprint density at radius 3 is 2.69 bits per heavy atom. The van der Waals surface area contributed by atoms with Crippen LogP contribution < -0.4 is 11.1 Å². The summed E-state index contributed by atoms with van der Waals surface area (Å²) >= 11 is 0. The van der Waals surface area contributed by atoms with Gasteiger partial charge in [-0.1, -0.05) is 5.16 Å². The standard InChI is InChI=1S/C12H15N3O/c1-8-3-10(13)6-11(4-8)14-7-12-5-9(2)16-15-12/h3-6,14H,7,13H2,1-2H3. The second-order valence-corrected chi connectivity index (χ2v) is 3.91. The normalized spacial score (nSPS) is 10.4. The average Bonchev–Trinajstić information content (AvgIpc) is 2.60. The molecule has 84 valence electrons. The Kier molecular flexibility index (Phi) is 2.81. The SMILES string of the molecule is Cc1cc(N)cc(NCc2cc(C)on2)c1. The second-order valence-electron chi connectivity index (χ2n) is 3.91. The molecule has 0 saturated carbocycles. The molecule has 0 unspecified atom stereocenters. The van der Waals surface area contributed by atoms with E-state index in [-0.39, 0.29) is 0 Å². The van der Waals surface area contributed by atoms with Crippen LogP contribution in [0.25, 0.3) is 0 Å². The first-order valence-corrected chi connectivity index (χ1v) is 5.17. The van der Waals surface area contributed by atoms with E-state index < -0.39 is 0 Å². The Labute approximate surface area is 94.4 Å². The third-order valence-corrected chi connectivity index (χ3v) is 2.25. The molecule has 0 amide bonds. The van der Waals surface area contributed by atoms with Gasteiger partial charge in [0.1, 0.15) is 11.5 Å². The number of aryl methyl sites for hydroxylation is 2. The minimum absolute atomic E-state index is 0.639. The van der Waals surface area contributed by atoms with Gasteiger partial charge in [0.25, 0.3) is 0 Å². The summed E-state index contributed by atoms with van der Waals surface area (Å²) in [4.78, 5) is 0. The van der Waals surface area contributed by atoms with E-state index in [0.29, 0.717) is 6.54 Å². The number of hydrogen-bond donors (Lipinski definition) is 2. The number of nitrogens with one attached hydrogen (secondary N) is 1. The Balaban J connectivity index is 2.04. The van der Waals surface area contributed by atoms with E-state index in [4.69, 9.17) is 10.3 Å². The van der Waals surface area contributed by atoms with Crippen LogP contribution in [0.5, 0.6) is 0 Å². The number of aromatic nitrogens is 1. The molecule has 1 aromatic carbocycles. The van der Waals surface area contributed by atoms with Gasteiger partial charge in [-0.05, 0) is 37.6 Å². The molecule has 2 aromatic rings. The van der Waals surface area contributed by atoms with E-state index in [1.54, 1.807) is 0 Å². The summed E-state index contributed by atoms with van der Waals surface area (Å²) in [7, 11) is 0. The van der Waals surface area contributed by atoms with Crippen molar-refractivity contribution in [2.75, 3.05) is 11.1 Å². The van der Waals surface area contributed by atoms with E-state index in [9.17, 15) is 0 Å². The Bertz CT molecular complexity index is 471. The smallest absolute Gasteiger partial charge is 0.133 e. The first-order valence-electron chi connectivity index (χ1n) is 5.17. The second kappa shape index (κ2) is 4.26.